The molecule has 2 aromatic carbocycles. The molecule has 0 aromatic heterocycles. The second-order valence-corrected chi connectivity index (χ2v) is 14.4. The third-order valence-electron chi connectivity index (χ3n) is 7.51. The highest BCUT2D eigenvalue weighted by Crippen LogP contribution is 2.56. The third kappa shape index (κ3) is 4.09. The Hall–Kier alpha value is -1.28. The smallest absolute Gasteiger partial charge is 0.114 e. The first kappa shape index (κ1) is 24.8. The Morgan fingerprint density at radius 2 is 1.03 bits per heavy atom. The van der Waals surface area contributed by atoms with Crippen LogP contribution in [0, 0.1) is 11.8 Å². The van der Waals surface area contributed by atoms with Crippen LogP contribution >= 0.6 is 23.2 Å². The van der Waals surface area contributed by atoms with Gasteiger partial charge in [0.1, 0.15) is 9.52 Å². The van der Waals surface area contributed by atoms with Crippen molar-refractivity contribution in [1.82, 2.24) is 0 Å². The molecular formula is C30H36Cl2Si. The molecule has 2 radical (unpaired) electrons. The van der Waals surface area contributed by atoms with Gasteiger partial charge in [-0.25, -0.2) is 0 Å². The number of allylic oxidation sites excluding steroid dienone is 4. The van der Waals surface area contributed by atoms with Crippen LogP contribution < -0.4 is 0 Å². The minimum atomic E-state index is -0.572. The Balaban J connectivity index is 1.77. The maximum Gasteiger partial charge on any atom is 0.118 e. The summed E-state index contributed by atoms with van der Waals surface area (Å²) < 4.78 is -1.14. The molecule has 2 atom stereocenters. The molecule has 33 heavy (non-hydrogen) atoms. The average Bonchev–Trinajstić information content (AvgIpc) is 3.03. The highest BCUT2D eigenvalue weighted by atomic mass is 35.5. The molecule has 2 aliphatic rings. The van der Waals surface area contributed by atoms with Crippen molar-refractivity contribution in [1.29, 1.82) is 0 Å². The zero-order chi connectivity index (χ0) is 24.3. The fourth-order valence-electron chi connectivity index (χ4n) is 5.49. The van der Waals surface area contributed by atoms with Crippen molar-refractivity contribution >= 4 is 43.9 Å². The van der Waals surface area contributed by atoms with E-state index in [4.69, 9.17) is 23.2 Å². The molecule has 0 amide bonds. The number of rotatable bonds is 6. The van der Waals surface area contributed by atoms with Gasteiger partial charge in [-0.1, -0.05) is 64.1 Å². The van der Waals surface area contributed by atoms with Crippen molar-refractivity contribution in [2.75, 3.05) is 0 Å². The number of benzene rings is 2. The van der Waals surface area contributed by atoms with Crippen LogP contribution in [0.1, 0.15) is 88.8 Å². The standard InChI is InChI=1S/C30H36Cl2Si/c1-17(2)13-23-9-11-27-25(15-23)19(5)21(7)29(27,31)33-30(32)22(8)20(6)26-16-24(14-18(3)4)10-12-28(26)30/h9-12,15-18H,13-14H2,1-8H3. The van der Waals surface area contributed by atoms with Crippen LogP contribution in [0.4, 0.5) is 0 Å². The molecule has 0 saturated heterocycles. The number of halogens is 2. The van der Waals surface area contributed by atoms with Gasteiger partial charge in [0.2, 0.25) is 0 Å². The monoisotopic (exact) mass is 494 g/mol. The topological polar surface area (TPSA) is 0 Å². The van der Waals surface area contributed by atoms with Crippen LogP contribution in [0.15, 0.2) is 47.5 Å². The molecular weight excluding hydrogens is 459 g/mol. The van der Waals surface area contributed by atoms with Gasteiger partial charge in [0, 0.05) is 0 Å². The number of hydrogen-bond acceptors (Lipinski definition) is 0. The summed E-state index contributed by atoms with van der Waals surface area (Å²) in [6.07, 6.45) is 2.17. The number of hydrogen-bond donors (Lipinski definition) is 0. The molecule has 4 rings (SSSR count). The van der Waals surface area contributed by atoms with Crippen molar-refractivity contribution in [2.45, 2.75) is 77.2 Å². The fraction of sp³-hybridized carbons (Fsp3) is 0.467. The molecule has 0 nitrogen and oxygen atoms in total. The molecule has 174 valence electrons. The summed E-state index contributed by atoms with van der Waals surface area (Å²) in [5, 5.41) is 0. The molecule has 2 unspecified atom stereocenters. The van der Waals surface area contributed by atoms with Gasteiger partial charge in [-0.3, -0.25) is 0 Å². The van der Waals surface area contributed by atoms with E-state index >= 15 is 0 Å². The maximum absolute atomic E-state index is 7.60. The van der Waals surface area contributed by atoms with E-state index in [-0.39, 0.29) is 0 Å². The van der Waals surface area contributed by atoms with Gasteiger partial charge in [-0.05, 0) is 108 Å². The molecule has 0 aliphatic heterocycles. The predicted molar refractivity (Wildman–Crippen MR) is 147 cm³/mol. The Bertz CT molecular complexity index is 1080. The van der Waals surface area contributed by atoms with Crippen LogP contribution in [0.2, 0.25) is 0 Å². The van der Waals surface area contributed by atoms with Crippen LogP contribution in [0.25, 0.3) is 11.1 Å². The second kappa shape index (κ2) is 8.74. The van der Waals surface area contributed by atoms with Crippen molar-refractivity contribution in [3.63, 3.8) is 0 Å². The summed E-state index contributed by atoms with van der Waals surface area (Å²) >= 11 is 15.2. The van der Waals surface area contributed by atoms with Gasteiger partial charge >= 0.3 is 0 Å². The lowest BCUT2D eigenvalue weighted by molar-refractivity contribution is 0.647. The fourth-order valence-corrected chi connectivity index (χ4v) is 9.02. The quantitative estimate of drug-likeness (QED) is 0.277. The lowest BCUT2D eigenvalue weighted by atomic mass is 9.97. The van der Waals surface area contributed by atoms with Gasteiger partial charge in [0.05, 0.1) is 8.99 Å². The zero-order valence-electron chi connectivity index (χ0n) is 21.3. The Morgan fingerprint density at radius 3 is 1.36 bits per heavy atom. The van der Waals surface area contributed by atoms with Crippen LogP contribution in [0.5, 0.6) is 0 Å². The molecule has 0 fully saturated rings. The third-order valence-corrected chi connectivity index (χ3v) is 11.0. The SMILES string of the molecule is CC1=C(C)C(Cl)([Si]C2(Cl)C(C)=C(C)c3cc(CC(C)C)ccc32)c2ccc(CC(C)C)cc21. The summed E-state index contributed by atoms with van der Waals surface area (Å²) in [6, 6.07) is 13.8. The summed E-state index contributed by atoms with van der Waals surface area (Å²) in [6.45, 7) is 17.9. The van der Waals surface area contributed by atoms with E-state index in [2.05, 4.69) is 91.8 Å². The summed E-state index contributed by atoms with van der Waals surface area (Å²) in [5.41, 5.74) is 12.9. The predicted octanol–water partition coefficient (Wildman–Crippen LogP) is 8.89. The first-order valence-electron chi connectivity index (χ1n) is 12.2. The maximum atomic E-state index is 7.60. The second-order valence-electron chi connectivity index (χ2n) is 10.9. The first-order valence-corrected chi connectivity index (χ1v) is 13.9. The lowest BCUT2D eigenvalue weighted by Crippen LogP contribution is -2.40. The van der Waals surface area contributed by atoms with E-state index in [0.29, 0.717) is 21.4 Å². The molecule has 0 heterocycles. The minimum Gasteiger partial charge on any atom is -0.114 e. The Kier molecular flexibility index (Phi) is 6.57. The van der Waals surface area contributed by atoms with Crippen molar-refractivity contribution < 1.29 is 0 Å². The van der Waals surface area contributed by atoms with Crippen LogP contribution in [0.3, 0.4) is 0 Å². The van der Waals surface area contributed by atoms with E-state index in [9.17, 15) is 0 Å². The van der Waals surface area contributed by atoms with Crippen LogP contribution in [-0.4, -0.2) is 9.52 Å². The summed E-state index contributed by atoms with van der Waals surface area (Å²) in [7, 11) is 0.313. The lowest BCUT2D eigenvalue weighted by Gasteiger charge is -2.35. The number of fused-ring (bicyclic) bond motifs is 2. The molecule has 3 heteroatoms. The Morgan fingerprint density at radius 1 is 0.667 bits per heavy atom. The minimum absolute atomic E-state index is 0.313. The largest absolute Gasteiger partial charge is 0.118 e. The van der Waals surface area contributed by atoms with Gasteiger partial charge in [-0.2, -0.15) is 0 Å². The van der Waals surface area contributed by atoms with Crippen molar-refractivity contribution in [3.8, 4) is 0 Å². The summed E-state index contributed by atoms with van der Waals surface area (Å²) in [4.78, 5) is 0. The van der Waals surface area contributed by atoms with E-state index in [0.717, 1.165) is 12.8 Å². The van der Waals surface area contributed by atoms with Crippen molar-refractivity contribution in [2.24, 2.45) is 11.8 Å². The van der Waals surface area contributed by atoms with Gasteiger partial charge < -0.3 is 0 Å². The molecule has 2 aliphatic carbocycles. The summed E-state index contributed by atoms with van der Waals surface area (Å²) in [5.74, 6) is 1.27. The first-order chi connectivity index (χ1) is 15.4. The highest BCUT2D eigenvalue weighted by molar-refractivity contribution is 6.70. The van der Waals surface area contributed by atoms with E-state index < -0.39 is 8.99 Å². The van der Waals surface area contributed by atoms with E-state index in [1.54, 1.807) is 0 Å². The highest BCUT2D eigenvalue weighted by Gasteiger charge is 2.51. The van der Waals surface area contributed by atoms with Gasteiger partial charge in [-0.15, -0.1) is 23.2 Å². The van der Waals surface area contributed by atoms with Gasteiger partial charge in [0.15, 0.2) is 0 Å². The average molecular weight is 496 g/mol. The van der Waals surface area contributed by atoms with Gasteiger partial charge in [0.25, 0.3) is 0 Å². The number of alkyl halides is 2. The van der Waals surface area contributed by atoms with E-state index in [1.807, 2.05) is 0 Å². The van der Waals surface area contributed by atoms with Crippen LogP contribution in [-0.2, 0) is 21.8 Å². The molecule has 2 aromatic rings. The molecule has 0 bridgehead atoms. The van der Waals surface area contributed by atoms with Crippen molar-refractivity contribution in [3.05, 3.63) is 80.9 Å². The Labute approximate surface area is 213 Å². The zero-order valence-corrected chi connectivity index (χ0v) is 23.8. The normalized spacial score (nSPS) is 24.4. The molecule has 0 spiro atoms. The van der Waals surface area contributed by atoms with E-state index in [1.165, 1.54) is 55.7 Å². The molecule has 0 N–H and O–H groups in total. The molecule has 0 saturated carbocycles.